The van der Waals surface area contributed by atoms with Gasteiger partial charge in [-0.1, -0.05) is 5.16 Å². The third kappa shape index (κ3) is 3.11. The van der Waals surface area contributed by atoms with E-state index in [9.17, 15) is 9.59 Å². The third-order valence-corrected chi connectivity index (χ3v) is 2.71. The number of hydrogen-bond donors (Lipinski definition) is 3. The molecule has 0 bridgehead atoms. The van der Waals surface area contributed by atoms with Crippen LogP contribution in [-0.2, 0) is 9.59 Å². The van der Waals surface area contributed by atoms with Gasteiger partial charge in [-0.25, -0.2) is 0 Å². The summed E-state index contributed by atoms with van der Waals surface area (Å²) in [6.07, 6.45) is 1.06. The van der Waals surface area contributed by atoms with Crippen LogP contribution in [0, 0.1) is 5.92 Å². The Morgan fingerprint density at radius 2 is 1.88 bits per heavy atom. The van der Waals surface area contributed by atoms with Crippen LogP contribution < -0.4 is 11.5 Å². The molecule has 0 aliphatic carbocycles. The van der Waals surface area contributed by atoms with Crippen molar-refractivity contribution in [3.63, 3.8) is 0 Å². The van der Waals surface area contributed by atoms with E-state index in [2.05, 4.69) is 5.16 Å². The molecule has 1 aliphatic heterocycles. The number of amidine groups is 1. The maximum absolute atomic E-state index is 11.6. The van der Waals surface area contributed by atoms with Gasteiger partial charge in [0.1, 0.15) is 5.84 Å². The van der Waals surface area contributed by atoms with Crippen LogP contribution in [0.4, 0.5) is 0 Å². The summed E-state index contributed by atoms with van der Waals surface area (Å²) in [6.45, 7) is 0.982. The molecule has 1 heterocycles. The number of oxime groups is 1. The van der Waals surface area contributed by atoms with Crippen molar-refractivity contribution in [3.05, 3.63) is 0 Å². The normalized spacial score (nSPS) is 18.5. The zero-order chi connectivity index (χ0) is 12.1. The highest BCUT2D eigenvalue weighted by Gasteiger charge is 2.25. The van der Waals surface area contributed by atoms with E-state index in [-0.39, 0.29) is 30.0 Å². The first-order valence-corrected chi connectivity index (χ1v) is 5.08. The lowest BCUT2D eigenvalue weighted by molar-refractivity contribution is -0.133. The van der Waals surface area contributed by atoms with E-state index in [0.29, 0.717) is 25.9 Å². The second-order valence-electron chi connectivity index (χ2n) is 3.83. The van der Waals surface area contributed by atoms with E-state index in [4.69, 9.17) is 16.7 Å². The topological polar surface area (TPSA) is 122 Å². The van der Waals surface area contributed by atoms with Gasteiger partial charge in [0.25, 0.3) is 0 Å². The number of primary amides is 1. The van der Waals surface area contributed by atoms with Gasteiger partial charge in [-0.2, -0.15) is 0 Å². The molecule has 1 aliphatic rings. The maximum Gasteiger partial charge on any atom is 0.230 e. The minimum Gasteiger partial charge on any atom is -0.409 e. The summed E-state index contributed by atoms with van der Waals surface area (Å²) >= 11 is 0. The number of nitrogens with zero attached hydrogens (tertiary/aromatic N) is 2. The molecular formula is C9H16N4O3. The maximum atomic E-state index is 11.6. The van der Waals surface area contributed by atoms with Gasteiger partial charge in [-0.05, 0) is 12.8 Å². The molecule has 0 spiro atoms. The van der Waals surface area contributed by atoms with Gasteiger partial charge in [0, 0.05) is 19.0 Å². The molecule has 5 N–H and O–H groups in total. The largest absolute Gasteiger partial charge is 0.409 e. The van der Waals surface area contributed by atoms with Crippen LogP contribution in [0.2, 0.25) is 0 Å². The molecule has 0 aromatic heterocycles. The van der Waals surface area contributed by atoms with Crippen LogP contribution in [0.25, 0.3) is 0 Å². The summed E-state index contributed by atoms with van der Waals surface area (Å²) < 4.78 is 0. The lowest BCUT2D eigenvalue weighted by Gasteiger charge is -2.30. The lowest BCUT2D eigenvalue weighted by Crippen LogP contribution is -2.42. The average Bonchev–Trinajstić information content (AvgIpc) is 2.28. The Kier molecular flexibility index (Phi) is 4.10. The van der Waals surface area contributed by atoms with Crippen molar-refractivity contribution in [1.82, 2.24) is 4.90 Å². The smallest absolute Gasteiger partial charge is 0.230 e. The highest BCUT2D eigenvalue weighted by Crippen LogP contribution is 2.17. The molecule has 7 heteroatoms. The van der Waals surface area contributed by atoms with Gasteiger partial charge in [-0.3, -0.25) is 9.59 Å². The van der Waals surface area contributed by atoms with Crippen LogP contribution in [0.15, 0.2) is 5.16 Å². The fraction of sp³-hybridized carbons (Fsp3) is 0.667. The van der Waals surface area contributed by atoms with Gasteiger partial charge in [-0.15, -0.1) is 0 Å². The summed E-state index contributed by atoms with van der Waals surface area (Å²) in [6, 6.07) is 0. The first kappa shape index (κ1) is 12.3. The van der Waals surface area contributed by atoms with Crippen LogP contribution >= 0.6 is 0 Å². The second-order valence-corrected chi connectivity index (χ2v) is 3.83. The first-order valence-electron chi connectivity index (χ1n) is 5.08. The van der Waals surface area contributed by atoms with Gasteiger partial charge in [0.15, 0.2) is 0 Å². The standard InChI is InChI=1S/C9H16N4O3/c10-7(12-16)5-8(14)13-3-1-6(2-4-13)9(11)15/h6,16H,1-5H2,(H2,10,12)(H2,11,15). The van der Waals surface area contributed by atoms with Crippen molar-refractivity contribution in [2.45, 2.75) is 19.3 Å². The second kappa shape index (κ2) is 5.34. The van der Waals surface area contributed by atoms with E-state index in [1.54, 1.807) is 4.90 Å². The zero-order valence-corrected chi connectivity index (χ0v) is 8.93. The number of carbonyl (C=O) groups excluding carboxylic acids is 2. The molecule has 0 aromatic rings. The molecule has 0 unspecified atom stereocenters. The van der Waals surface area contributed by atoms with Gasteiger partial charge in [0.2, 0.25) is 11.8 Å². The van der Waals surface area contributed by atoms with Crippen molar-refractivity contribution in [2.75, 3.05) is 13.1 Å². The van der Waals surface area contributed by atoms with E-state index in [1.165, 1.54) is 0 Å². The summed E-state index contributed by atoms with van der Waals surface area (Å²) in [5.41, 5.74) is 10.4. The van der Waals surface area contributed by atoms with E-state index in [0.717, 1.165) is 0 Å². The molecule has 0 atom stereocenters. The monoisotopic (exact) mass is 228 g/mol. The van der Waals surface area contributed by atoms with Crippen molar-refractivity contribution in [1.29, 1.82) is 0 Å². The quantitative estimate of drug-likeness (QED) is 0.244. The van der Waals surface area contributed by atoms with Crippen LogP contribution in [0.5, 0.6) is 0 Å². The number of piperidine rings is 1. The molecule has 0 saturated carbocycles. The molecular weight excluding hydrogens is 212 g/mol. The van der Waals surface area contributed by atoms with Crippen molar-refractivity contribution in [2.24, 2.45) is 22.5 Å². The van der Waals surface area contributed by atoms with Crippen molar-refractivity contribution >= 4 is 17.6 Å². The Morgan fingerprint density at radius 1 is 1.31 bits per heavy atom. The van der Waals surface area contributed by atoms with Crippen LogP contribution in [-0.4, -0.2) is 40.8 Å². The highest BCUT2D eigenvalue weighted by atomic mass is 16.4. The molecule has 2 amide bonds. The molecule has 7 nitrogen and oxygen atoms in total. The Morgan fingerprint density at radius 3 is 2.31 bits per heavy atom. The summed E-state index contributed by atoms with van der Waals surface area (Å²) in [5, 5.41) is 11.1. The average molecular weight is 228 g/mol. The van der Waals surface area contributed by atoms with Gasteiger partial charge < -0.3 is 21.6 Å². The number of nitrogens with two attached hydrogens (primary N) is 2. The Balaban J connectivity index is 2.42. The van der Waals surface area contributed by atoms with Crippen LogP contribution in [0.1, 0.15) is 19.3 Å². The number of likely N-dealkylation sites (tertiary alicyclic amines) is 1. The summed E-state index contributed by atoms with van der Waals surface area (Å²) in [4.78, 5) is 24.1. The first-order chi connectivity index (χ1) is 7.54. The minimum absolute atomic E-state index is 0.0995. The van der Waals surface area contributed by atoms with Crippen molar-refractivity contribution in [3.8, 4) is 0 Å². The number of carbonyl (C=O) groups is 2. The predicted octanol–water partition coefficient (Wildman–Crippen LogP) is -1.15. The molecule has 1 rings (SSSR count). The number of rotatable bonds is 3. The number of hydrogen-bond acceptors (Lipinski definition) is 4. The summed E-state index contributed by atoms with van der Waals surface area (Å²) in [7, 11) is 0. The van der Waals surface area contributed by atoms with E-state index < -0.39 is 0 Å². The Labute approximate surface area is 93.1 Å². The fourth-order valence-corrected chi connectivity index (χ4v) is 1.72. The number of amides is 2. The lowest BCUT2D eigenvalue weighted by atomic mass is 9.96. The molecule has 16 heavy (non-hydrogen) atoms. The molecule has 0 aromatic carbocycles. The van der Waals surface area contributed by atoms with E-state index in [1.807, 2.05) is 0 Å². The van der Waals surface area contributed by atoms with E-state index >= 15 is 0 Å². The SMILES string of the molecule is NC(=O)C1CCN(C(=O)C/C(N)=N/O)CC1. The van der Waals surface area contributed by atoms with Gasteiger partial charge >= 0.3 is 0 Å². The van der Waals surface area contributed by atoms with Crippen LogP contribution in [0.3, 0.4) is 0 Å². The third-order valence-electron chi connectivity index (χ3n) is 2.71. The highest BCUT2D eigenvalue weighted by molar-refractivity contribution is 5.98. The Bertz CT molecular complexity index is 308. The molecule has 0 radical (unpaired) electrons. The van der Waals surface area contributed by atoms with Gasteiger partial charge in [0.05, 0.1) is 6.42 Å². The Hall–Kier alpha value is -1.79. The molecule has 1 fully saturated rings. The minimum atomic E-state index is -0.316. The zero-order valence-electron chi connectivity index (χ0n) is 8.93. The summed E-state index contributed by atoms with van der Waals surface area (Å²) in [5.74, 6) is -0.767. The fourth-order valence-electron chi connectivity index (χ4n) is 1.72. The molecule has 1 saturated heterocycles. The molecule has 90 valence electrons. The predicted molar refractivity (Wildman–Crippen MR) is 56.5 cm³/mol. The van der Waals surface area contributed by atoms with Crippen molar-refractivity contribution < 1.29 is 14.8 Å².